The van der Waals surface area contributed by atoms with Crippen molar-refractivity contribution in [3.63, 3.8) is 0 Å². The van der Waals surface area contributed by atoms with Crippen molar-refractivity contribution < 1.29 is 73.6 Å². The first-order valence-electron chi connectivity index (χ1n) is 33.1. The third-order valence-corrected chi connectivity index (χ3v) is 21.9. The molecule has 100 heavy (non-hydrogen) atoms. The fourth-order valence-corrected chi connectivity index (χ4v) is 14.9. The maximum absolute atomic E-state index is 13.2. The number of hydrogen-bond donors (Lipinski definition) is 2. The number of hydrogen-bond acceptors (Lipinski definition) is 20. The Hall–Kier alpha value is -6.47. The molecule has 2 amide bonds. The standard InChI is InChI=1S/C29H34N4O6S.C15H13BrN2O.C14H21BrN2O5S.C12H24B2O4/c1-32(2)12-7-13-39-26-21(27(34)38-4)15-19(16-23(26)31-40(5,36)37)18-8-9-22-20(14-18)25-24(17-30-22)33(3)28(35)29(25)10-6-11-29;1-18-12-8-17-11-4-3-9(16)7-10(11)13(12)15(14(18)19)5-2-6-15;1-17(2)6-5-7-22-13-11(14(18)21-3)8-10(15)9-12(13)16-23(4,19)20;1-9(2)10(3,4)16-13(15-9)14-17-11(5,6)12(7,8)18-14/h8-9,14-17,31H,6-7,10-13H2,1-5H3;3-4,7-8H,2,5-6H2,1H3;8-9,16H,5-7H2,1-4H3;1-8H3. The maximum atomic E-state index is 13.2. The number of nitrogens with zero attached hydrogens (tertiary/aromatic N) is 6. The Morgan fingerprint density at radius 3 is 1.33 bits per heavy atom. The zero-order chi connectivity index (χ0) is 73.6. The fraction of sp³-hybridized carbons (Fsp3) is 0.514. The van der Waals surface area contributed by atoms with E-state index in [0.717, 1.165) is 119 Å². The lowest BCUT2D eigenvalue weighted by Crippen LogP contribution is -2.43. The van der Waals surface area contributed by atoms with Gasteiger partial charge in [0.15, 0.2) is 11.5 Å². The van der Waals surface area contributed by atoms with Gasteiger partial charge in [-0.05, 0) is 188 Å². The van der Waals surface area contributed by atoms with Crippen LogP contribution in [0.5, 0.6) is 11.5 Å². The third kappa shape index (κ3) is 16.1. The molecule has 30 heteroatoms. The largest absolute Gasteiger partial charge is 0.490 e. The van der Waals surface area contributed by atoms with Crippen LogP contribution in [0.15, 0.2) is 82.0 Å². The van der Waals surface area contributed by atoms with Crippen LogP contribution >= 0.6 is 31.9 Å². The highest BCUT2D eigenvalue weighted by Crippen LogP contribution is 2.57. The first kappa shape index (κ1) is 77.7. The van der Waals surface area contributed by atoms with Crippen LogP contribution in [-0.4, -0.2) is 192 Å². The summed E-state index contributed by atoms with van der Waals surface area (Å²) in [5.74, 6) is -0.650. The molecular formula is C70H92B2Br2N8O16S2. The number of nitrogens with one attached hydrogen (secondary N) is 2. The molecule has 4 aliphatic heterocycles. The molecule has 540 valence electrons. The van der Waals surface area contributed by atoms with Crippen molar-refractivity contribution in [1.82, 2.24) is 19.8 Å². The molecule has 24 nitrogen and oxygen atoms in total. The molecule has 2 N–H and O–H groups in total. The Kier molecular flexibility index (Phi) is 23.1. The van der Waals surface area contributed by atoms with Crippen molar-refractivity contribution in [3.05, 3.63) is 104 Å². The van der Waals surface area contributed by atoms with E-state index < -0.39 is 51.4 Å². The van der Waals surface area contributed by atoms with E-state index in [1.165, 1.54) is 31.9 Å². The van der Waals surface area contributed by atoms with E-state index in [2.05, 4.69) is 57.3 Å². The summed E-state index contributed by atoms with van der Waals surface area (Å²) in [6.45, 7) is 18.4. The Bertz CT molecular complexity index is 4320. The number of methoxy groups -OCH3 is 2. The van der Waals surface area contributed by atoms with Crippen molar-refractivity contribution in [2.75, 3.05) is 115 Å². The summed E-state index contributed by atoms with van der Waals surface area (Å²) >= 11 is 6.77. The van der Waals surface area contributed by atoms with Crippen molar-refractivity contribution in [2.24, 2.45) is 0 Å². The maximum Gasteiger partial charge on any atom is 0.488 e. The molecule has 2 spiro atoms. The first-order valence-corrected chi connectivity index (χ1v) is 38.5. The summed E-state index contributed by atoms with van der Waals surface area (Å²) in [5.41, 5.74) is 5.38. The number of benzene rings is 4. The number of rotatable bonds is 18. The molecule has 0 radical (unpaired) electrons. The Morgan fingerprint density at radius 2 is 0.950 bits per heavy atom. The van der Waals surface area contributed by atoms with Gasteiger partial charge in [0.05, 0.1) is 119 Å². The average Bonchev–Trinajstić information content (AvgIpc) is 1.54. The van der Waals surface area contributed by atoms with Gasteiger partial charge in [-0.3, -0.25) is 29.0 Å². The molecule has 0 bridgehead atoms. The minimum atomic E-state index is -3.70. The lowest BCUT2D eigenvalue weighted by Gasteiger charge is -2.37. The molecule has 2 saturated heterocycles. The zero-order valence-electron chi connectivity index (χ0n) is 60.4. The number of anilines is 4. The van der Waals surface area contributed by atoms with Crippen LogP contribution in [0.3, 0.4) is 0 Å². The van der Waals surface area contributed by atoms with Crippen LogP contribution in [0, 0.1) is 0 Å². The highest BCUT2D eigenvalue weighted by Gasteiger charge is 2.64. The topological polar surface area (TPSA) is 273 Å². The quantitative estimate of drug-likeness (QED) is 0.0460. The number of esters is 2. The van der Waals surface area contributed by atoms with Gasteiger partial charge in [0.25, 0.3) is 0 Å². The summed E-state index contributed by atoms with van der Waals surface area (Å²) in [5, 5.41) is 1.98. The van der Waals surface area contributed by atoms with Crippen LogP contribution < -0.4 is 28.7 Å². The number of ether oxygens (including phenoxy) is 4. The second-order valence-electron chi connectivity index (χ2n) is 28.8. The molecule has 2 aliphatic carbocycles. The SMILES string of the molecule is CC1(C)OB(B2OC(C)(C)C(C)(C)O2)OC1(C)C.CN1C(=O)C2(CCC2)c2c1cnc1ccc(Br)cc21.COC(=O)c1cc(-c2ccc3ncc4c(c3c2)C2(CCC2)C(=O)N4C)cc(NS(C)(=O)=O)c1OCCCN(C)C.COC(=O)c1cc(Br)cc(NS(C)(=O)=O)c1OCCCN(C)C. The lowest BCUT2D eigenvalue weighted by molar-refractivity contribution is -0.126. The van der Waals surface area contributed by atoms with Gasteiger partial charge in [-0.1, -0.05) is 50.8 Å². The minimum Gasteiger partial charge on any atom is -0.490 e. The number of carbonyl (C=O) groups is 4. The summed E-state index contributed by atoms with van der Waals surface area (Å²) in [7, 11) is 5.77. The summed E-state index contributed by atoms with van der Waals surface area (Å²) in [4.78, 5) is 67.2. The van der Waals surface area contributed by atoms with E-state index in [4.69, 9.17) is 37.6 Å². The number of aromatic nitrogens is 2. The highest BCUT2D eigenvalue weighted by atomic mass is 79.9. The molecule has 6 heterocycles. The van der Waals surface area contributed by atoms with E-state index in [9.17, 15) is 36.0 Å². The van der Waals surface area contributed by atoms with Crippen LogP contribution in [0.4, 0.5) is 22.7 Å². The van der Waals surface area contributed by atoms with Crippen molar-refractivity contribution >= 4 is 134 Å². The summed E-state index contributed by atoms with van der Waals surface area (Å²) < 4.78 is 99.4. The van der Waals surface area contributed by atoms with Crippen molar-refractivity contribution in [3.8, 4) is 22.6 Å². The van der Waals surface area contributed by atoms with Gasteiger partial charge in [-0.25, -0.2) is 26.4 Å². The number of likely N-dealkylation sites (N-methyl/N-ethyl adjacent to an activating group) is 2. The molecular weight excluding hydrogens is 1450 g/mol. The Morgan fingerprint density at radius 1 is 0.560 bits per heavy atom. The molecule has 2 aromatic heterocycles. The van der Waals surface area contributed by atoms with E-state index >= 15 is 0 Å². The van der Waals surface area contributed by atoms with Gasteiger partial charge < -0.3 is 57.2 Å². The van der Waals surface area contributed by atoms with Crippen molar-refractivity contribution in [2.45, 2.75) is 140 Å². The number of fused-ring (bicyclic) bond motifs is 8. The molecule has 4 aromatic carbocycles. The number of carbonyl (C=O) groups excluding carboxylic acids is 4. The molecule has 0 unspecified atom stereocenters. The molecule has 0 atom stereocenters. The van der Waals surface area contributed by atoms with Gasteiger partial charge in [0.1, 0.15) is 11.1 Å². The fourth-order valence-electron chi connectivity index (χ4n) is 13.0. The second kappa shape index (κ2) is 29.7. The molecule has 6 aromatic rings. The third-order valence-electron chi connectivity index (χ3n) is 19.8. The number of sulfonamides is 2. The molecule has 12 rings (SSSR count). The normalized spacial score (nSPS) is 18.5. The van der Waals surface area contributed by atoms with Gasteiger partial charge in [0, 0.05) is 58.0 Å². The van der Waals surface area contributed by atoms with Gasteiger partial charge in [-0.15, -0.1) is 0 Å². The summed E-state index contributed by atoms with van der Waals surface area (Å²) in [6.07, 6.45) is 12.7. The van der Waals surface area contributed by atoms with Crippen LogP contribution in [0.1, 0.15) is 139 Å². The first-order chi connectivity index (χ1) is 46.6. The van der Waals surface area contributed by atoms with E-state index in [-0.39, 0.29) is 80.2 Å². The van der Waals surface area contributed by atoms with Gasteiger partial charge >= 0.3 is 26.0 Å². The predicted octanol–water partition coefficient (Wildman–Crippen LogP) is 11.4. The van der Waals surface area contributed by atoms with Crippen LogP contribution in [-0.2, 0) is 68.6 Å². The van der Waals surface area contributed by atoms with E-state index in [1.54, 1.807) is 35.2 Å². The minimum absolute atomic E-state index is 0.0943. The average molecular weight is 1550 g/mol. The molecule has 4 fully saturated rings. The number of amides is 2. The Labute approximate surface area is 605 Å². The van der Waals surface area contributed by atoms with Gasteiger partial charge in [-0.2, -0.15) is 0 Å². The van der Waals surface area contributed by atoms with Crippen LogP contribution in [0.2, 0.25) is 0 Å². The number of pyridine rings is 2. The molecule has 2 saturated carbocycles. The zero-order valence-corrected chi connectivity index (χ0v) is 65.2. The predicted molar refractivity (Wildman–Crippen MR) is 398 cm³/mol. The van der Waals surface area contributed by atoms with Crippen LogP contribution in [0.25, 0.3) is 32.9 Å². The van der Waals surface area contributed by atoms with Gasteiger partial charge in [0.2, 0.25) is 31.9 Å². The molecule has 6 aliphatic rings. The highest BCUT2D eigenvalue weighted by molar-refractivity contribution is 9.10. The number of halogens is 2. The smallest absolute Gasteiger partial charge is 0.488 e. The van der Waals surface area contributed by atoms with E-state index in [1.807, 2.05) is 137 Å². The summed E-state index contributed by atoms with van der Waals surface area (Å²) in [6, 6.07) is 18.2. The Balaban J connectivity index is 0.000000166. The van der Waals surface area contributed by atoms with Crippen molar-refractivity contribution in [1.29, 1.82) is 0 Å². The lowest BCUT2D eigenvalue weighted by atomic mass is 9.49. The monoisotopic (exact) mass is 1540 g/mol. The van der Waals surface area contributed by atoms with E-state index in [0.29, 0.717) is 23.1 Å². The second-order valence-corrected chi connectivity index (χ2v) is 34.1.